The molecule has 4 atom stereocenters. The molecule has 0 aromatic heterocycles. The average Bonchev–Trinajstić information content (AvgIpc) is 2.68. The van der Waals surface area contributed by atoms with Crippen LogP contribution in [-0.2, 0) is 14.5 Å². The van der Waals surface area contributed by atoms with E-state index in [1.165, 1.54) is 12.0 Å². The zero-order valence-electron chi connectivity index (χ0n) is 19.3. The molecule has 0 N–H and O–H groups in total. The summed E-state index contributed by atoms with van der Waals surface area (Å²) >= 11 is 0. The maximum Gasteiger partial charge on any atom is 0.411 e. The molecule has 164 valence electrons. The third-order valence-corrected chi connectivity index (χ3v) is 8.18. The third-order valence-electron chi connectivity index (χ3n) is 6.25. The molecule has 0 radical (unpaired) electrons. The molecule has 4 heteroatoms. The van der Waals surface area contributed by atoms with Gasteiger partial charge in [-0.25, -0.2) is 4.57 Å². The molecule has 0 heterocycles. The van der Waals surface area contributed by atoms with Crippen molar-refractivity contribution < 1.29 is 13.6 Å². The molecular formula is C26H37O3P. The van der Waals surface area contributed by atoms with Gasteiger partial charge in [0.05, 0.1) is 11.4 Å². The smallest absolute Gasteiger partial charge is 0.411 e. The fourth-order valence-corrected chi connectivity index (χ4v) is 6.12. The van der Waals surface area contributed by atoms with E-state index in [9.17, 15) is 4.57 Å². The average molecular weight is 429 g/mol. The number of rotatable bonds is 6. The number of benzene rings is 2. The van der Waals surface area contributed by atoms with Crippen molar-refractivity contribution in [1.82, 2.24) is 0 Å². The summed E-state index contributed by atoms with van der Waals surface area (Å²) in [5.41, 5.74) is 1.27. The summed E-state index contributed by atoms with van der Waals surface area (Å²) in [6, 6.07) is 17.3. The Bertz CT molecular complexity index is 852. The van der Waals surface area contributed by atoms with E-state index in [1.807, 2.05) is 54.6 Å². The highest BCUT2D eigenvalue weighted by Gasteiger charge is 2.39. The summed E-state index contributed by atoms with van der Waals surface area (Å²) < 4.78 is 26.8. The van der Waals surface area contributed by atoms with Crippen molar-refractivity contribution in [1.29, 1.82) is 0 Å². The standard InChI is InChI=1S/C26H37O3P/c1-19(2)24-17-12-20(3)18-25(24)29-30(27,23-10-8-7-9-11-23)28-22-15-13-21(14-16-22)26(4,5)6/h7-11,13-16,19-20,24-25H,12,17-18H2,1-6H3/t20-,24+,25-,30?/m1/s1. The topological polar surface area (TPSA) is 35.5 Å². The molecule has 1 unspecified atom stereocenters. The van der Waals surface area contributed by atoms with Gasteiger partial charge in [0.25, 0.3) is 0 Å². The van der Waals surface area contributed by atoms with Gasteiger partial charge in [0, 0.05) is 0 Å². The minimum Gasteiger partial charge on any atom is -0.421 e. The van der Waals surface area contributed by atoms with E-state index in [0.717, 1.165) is 12.8 Å². The second kappa shape index (κ2) is 9.28. The first-order valence-electron chi connectivity index (χ1n) is 11.2. The van der Waals surface area contributed by atoms with Crippen molar-refractivity contribution in [3.8, 4) is 5.75 Å². The van der Waals surface area contributed by atoms with Gasteiger partial charge in [-0.2, -0.15) is 0 Å². The fourth-order valence-electron chi connectivity index (χ4n) is 4.31. The summed E-state index contributed by atoms with van der Waals surface area (Å²) in [6.07, 6.45) is 3.17. The van der Waals surface area contributed by atoms with Crippen LogP contribution in [0.2, 0.25) is 0 Å². The van der Waals surface area contributed by atoms with Crippen LogP contribution in [0, 0.1) is 17.8 Å². The summed E-state index contributed by atoms with van der Waals surface area (Å²) in [5, 5.41) is 0.616. The van der Waals surface area contributed by atoms with Gasteiger partial charge in [-0.15, -0.1) is 0 Å². The number of hydrogen-bond acceptors (Lipinski definition) is 3. The quantitative estimate of drug-likeness (QED) is 0.451. The Kier molecular flexibility index (Phi) is 7.15. The van der Waals surface area contributed by atoms with Crippen LogP contribution in [0.15, 0.2) is 54.6 Å². The van der Waals surface area contributed by atoms with Gasteiger partial charge < -0.3 is 4.52 Å². The van der Waals surface area contributed by atoms with Crippen molar-refractivity contribution >= 4 is 12.9 Å². The lowest BCUT2D eigenvalue weighted by molar-refractivity contribution is 0.0414. The van der Waals surface area contributed by atoms with E-state index in [2.05, 4.69) is 41.5 Å². The molecule has 30 heavy (non-hydrogen) atoms. The lowest BCUT2D eigenvalue weighted by Crippen LogP contribution is -2.35. The summed E-state index contributed by atoms with van der Waals surface area (Å²) in [6.45, 7) is 13.3. The highest BCUT2D eigenvalue weighted by molar-refractivity contribution is 7.62. The van der Waals surface area contributed by atoms with Crippen LogP contribution in [0.25, 0.3) is 0 Å². The molecule has 0 amide bonds. The first-order valence-corrected chi connectivity index (χ1v) is 12.8. The van der Waals surface area contributed by atoms with Crippen molar-refractivity contribution in [2.45, 2.75) is 72.3 Å². The van der Waals surface area contributed by atoms with Crippen molar-refractivity contribution in [3.63, 3.8) is 0 Å². The molecule has 1 saturated carbocycles. The fraction of sp³-hybridized carbons (Fsp3) is 0.538. The second-order valence-electron chi connectivity index (χ2n) is 10.2. The summed E-state index contributed by atoms with van der Waals surface area (Å²) in [7, 11) is -3.52. The lowest BCUT2D eigenvalue weighted by atomic mass is 9.75. The van der Waals surface area contributed by atoms with Crippen LogP contribution >= 0.6 is 7.60 Å². The van der Waals surface area contributed by atoms with E-state index in [-0.39, 0.29) is 11.5 Å². The second-order valence-corrected chi connectivity index (χ2v) is 12.1. The Balaban J connectivity index is 1.91. The highest BCUT2D eigenvalue weighted by Crippen LogP contribution is 2.52. The summed E-state index contributed by atoms with van der Waals surface area (Å²) in [5.74, 6) is 2.03. The zero-order valence-corrected chi connectivity index (χ0v) is 20.2. The van der Waals surface area contributed by atoms with Gasteiger partial charge in [-0.3, -0.25) is 4.52 Å². The Morgan fingerprint density at radius 1 is 0.967 bits per heavy atom. The zero-order chi connectivity index (χ0) is 21.9. The largest absolute Gasteiger partial charge is 0.421 e. The van der Waals surface area contributed by atoms with Crippen molar-refractivity contribution in [2.24, 2.45) is 17.8 Å². The van der Waals surface area contributed by atoms with Crippen LogP contribution in [0.4, 0.5) is 0 Å². The van der Waals surface area contributed by atoms with Gasteiger partial charge in [0.15, 0.2) is 0 Å². The Morgan fingerprint density at radius 3 is 2.17 bits per heavy atom. The van der Waals surface area contributed by atoms with E-state index < -0.39 is 7.60 Å². The van der Waals surface area contributed by atoms with Gasteiger partial charge in [-0.1, -0.05) is 78.3 Å². The lowest BCUT2D eigenvalue weighted by Gasteiger charge is -2.38. The van der Waals surface area contributed by atoms with Crippen LogP contribution in [-0.4, -0.2) is 6.10 Å². The summed E-state index contributed by atoms with van der Waals surface area (Å²) in [4.78, 5) is 0. The molecule has 3 nitrogen and oxygen atoms in total. The Morgan fingerprint density at radius 2 is 1.60 bits per heavy atom. The van der Waals surface area contributed by atoms with Gasteiger partial charge in [0.2, 0.25) is 0 Å². The SMILES string of the molecule is CC(C)[C@@H]1CC[C@@H](C)C[C@H]1OP(=O)(Oc1ccc(C(C)(C)C)cc1)c1ccccc1. The molecule has 1 aliphatic carbocycles. The third kappa shape index (κ3) is 5.56. The molecule has 2 aromatic rings. The number of hydrogen-bond donors (Lipinski definition) is 0. The maximum absolute atomic E-state index is 14.2. The molecule has 0 bridgehead atoms. The van der Waals surface area contributed by atoms with E-state index in [4.69, 9.17) is 9.05 Å². The highest BCUT2D eigenvalue weighted by atomic mass is 31.2. The predicted molar refractivity (Wildman–Crippen MR) is 126 cm³/mol. The normalized spacial score (nSPS) is 24.4. The van der Waals surface area contributed by atoms with Crippen molar-refractivity contribution in [3.05, 3.63) is 60.2 Å². The van der Waals surface area contributed by atoms with Gasteiger partial charge >= 0.3 is 7.60 Å². The first-order chi connectivity index (χ1) is 14.1. The van der Waals surface area contributed by atoms with Gasteiger partial charge in [0.1, 0.15) is 5.75 Å². The predicted octanol–water partition coefficient (Wildman–Crippen LogP) is 7.36. The maximum atomic E-state index is 14.2. The molecule has 1 aliphatic rings. The van der Waals surface area contributed by atoms with Gasteiger partial charge in [-0.05, 0) is 65.8 Å². The van der Waals surface area contributed by atoms with Crippen LogP contribution < -0.4 is 9.83 Å². The Labute approximate surface area is 182 Å². The van der Waals surface area contributed by atoms with E-state index in [0.29, 0.717) is 28.8 Å². The molecule has 0 saturated heterocycles. The van der Waals surface area contributed by atoms with Crippen molar-refractivity contribution in [2.75, 3.05) is 0 Å². The van der Waals surface area contributed by atoms with Crippen LogP contribution in [0.1, 0.15) is 66.4 Å². The molecule has 0 aliphatic heterocycles. The van der Waals surface area contributed by atoms with Crippen LogP contribution in [0.5, 0.6) is 5.75 Å². The van der Waals surface area contributed by atoms with E-state index >= 15 is 0 Å². The minimum absolute atomic E-state index is 0.0564. The molecule has 1 fully saturated rings. The molecule has 2 aromatic carbocycles. The Hall–Kier alpha value is -1.57. The molecular weight excluding hydrogens is 391 g/mol. The van der Waals surface area contributed by atoms with Crippen LogP contribution in [0.3, 0.4) is 0 Å². The monoisotopic (exact) mass is 428 g/mol. The van der Waals surface area contributed by atoms with E-state index in [1.54, 1.807) is 0 Å². The minimum atomic E-state index is -3.52. The molecule has 3 rings (SSSR count). The molecule has 0 spiro atoms. The first kappa shape index (κ1) is 23.1.